The summed E-state index contributed by atoms with van der Waals surface area (Å²) in [4.78, 5) is 21.2. The van der Waals surface area contributed by atoms with Crippen molar-refractivity contribution in [2.75, 3.05) is 10.5 Å². The Kier molecular flexibility index (Phi) is 5.34. The van der Waals surface area contributed by atoms with Gasteiger partial charge in [-0.25, -0.2) is 18.4 Å². The Morgan fingerprint density at radius 1 is 1.10 bits per heavy atom. The second kappa shape index (κ2) is 7.84. The third-order valence-electron chi connectivity index (χ3n) is 4.55. The molecule has 2 aromatic heterocycles. The lowest BCUT2D eigenvalue weighted by atomic mass is 10.0. The highest BCUT2D eigenvalue weighted by atomic mass is 35.5. The van der Waals surface area contributed by atoms with Gasteiger partial charge in [0, 0.05) is 34.5 Å². The van der Waals surface area contributed by atoms with Crippen LogP contribution in [0, 0.1) is 0 Å². The SMILES string of the molecule is Cn1cc(C(=O)c2cccc(NS(=O)(=O)c3cc(Cl)cc(Cl)c3)c2)c2c(N)ncnc21. The van der Waals surface area contributed by atoms with Crippen LogP contribution in [0.15, 0.2) is 59.9 Å². The third kappa shape index (κ3) is 4.07. The van der Waals surface area contributed by atoms with Crippen molar-refractivity contribution < 1.29 is 13.2 Å². The Bertz CT molecular complexity index is 1430. The monoisotopic (exact) mass is 475 g/mol. The summed E-state index contributed by atoms with van der Waals surface area (Å²) in [6, 6.07) is 10.1. The fraction of sp³-hybridized carbons (Fsp3) is 0.0500. The van der Waals surface area contributed by atoms with Crippen LogP contribution in [0.1, 0.15) is 15.9 Å². The lowest BCUT2D eigenvalue weighted by molar-refractivity contribution is 0.104. The predicted molar refractivity (Wildman–Crippen MR) is 120 cm³/mol. The van der Waals surface area contributed by atoms with Crippen molar-refractivity contribution >= 4 is 61.5 Å². The smallest absolute Gasteiger partial charge is 0.261 e. The molecule has 0 radical (unpaired) electrons. The molecule has 0 unspecified atom stereocenters. The van der Waals surface area contributed by atoms with E-state index in [0.717, 1.165) is 0 Å². The van der Waals surface area contributed by atoms with Gasteiger partial charge in [-0.1, -0.05) is 35.3 Å². The summed E-state index contributed by atoms with van der Waals surface area (Å²) < 4.78 is 29.6. The van der Waals surface area contributed by atoms with Crippen LogP contribution >= 0.6 is 23.2 Å². The van der Waals surface area contributed by atoms with Crippen LogP contribution in [0.4, 0.5) is 11.5 Å². The van der Waals surface area contributed by atoms with Crippen LogP contribution in [0.2, 0.25) is 10.0 Å². The minimum atomic E-state index is -3.98. The Morgan fingerprint density at radius 3 is 2.52 bits per heavy atom. The molecule has 4 rings (SSSR count). The number of aromatic nitrogens is 3. The van der Waals surface area contributed by atoms with Gasteiger partial charge >= 0.3 is 0 Å². The number of ketones is 1. The standard InChI is InChI=1S/C20H15Cl2N5O3S/c1-27-9-16(17-19(23)24-10-25-20(17)27)18(28)11-3-2-4-14(5-11)26-31(29,30)15-7-12(21)6-13(22)8-15/h2-10,26H,1H3,(H2,23,24,25). The molecule has 0 spiro atoms. The molecule has 0 saturated heterocycles. The van der Waals surface area contributed by atoms with Crippen LogP contribution in [-0.2, 0) is 17.1 Å². The summed E-state index contributed by atoms with van der Waals surface area (Å²) in [5.74, 6) is -0.164. The molecule has 0 atom stereocenters. The Hall–Kier alpha value is -3.14. The van der Waals surface area contributed by atoms with Gasteiger partial charge in [0.25, 0.3) is 10.0 Å². The molecule has 0 aliphatic heterocycles. The number of carbonyl (C=O) groups is 1. The number of fused-ring (bicyclic) bond motifs is 1. The quantitative estimate of drug-likeness (QED) is 0.422. The number of sulfonamides is 1. The van der Waals surface area contributed by atoms with Gasteiger partial charge in [0.15, 0.2) is 5.78 Å². The maximum atomic E-state index is 13.2. The third-order valence-corrected chi connectivity index (χ3v) is 6.35. The van der Waals surface area contributed by atoms with Crippen molar-refractivity contribution in [2.24, 2.45) is 7.05 Å². The molecule has 0 aliphatic rings. The number of carbonyl (C=O) groups excluding carboxylic acids is 1. The molecule has 3 N–H and O–H groups in total. The van der Waals surface area contributed by atoms with Gasteiger partial charge in [-0.2, -0.15) is 0 Å². The summed E-state index contributed by atoms with van der Waals surface area (Å²) in [6.45, 7) is 0. The number of nitrogens with zero attached hydrogens (tertiary/aromatic N) is 3. The first-order valence-electron chi connectivity index (χ1n) is 8.85. The number of rotatable bonds is 5. The normalized spacial score (nSPS) is 11.6. The number of benzene rings is 2. The van der Waals surface area contributed by atoms with E-state index >= 15 is 0 Å². The van der Waals surface area contributed by atoms with E-state index < -0.39 is 10.0 Å². The first-order valence-corrected chi connectivity index (χ1v) is 11.1. The lowest BCUT2D eigenvalue weighted by Gasteiger charge is -2.10. The van der Waals surface area contributed by atoms with Gasteiger partial charge in [-0.15, -0.1) is 0 Å². The summed E-state index contributed by atoms with van der Waals surface area (Å²) in [5, 5.41) is 0.815. The van der Waals surface area contributed by atoms with Crippen molar-refractivity contribution in [3.05, 3.63) is 76.2 Å². The largest absolute Gasteiger partial charge is 0.383 e. The molecular formula is C20H15Cl2N5O3S. The van der Waals surface area contributed by atoms with Crippen LogP contribution < -0.4 is 10.5 Å². The van der Waals surface area contributed by atoms with E-state index in [9.17, 15) is 13.2 Å². The van der Waals surface area contributed by atoms with E-state index in [1.807, 2.05) is 0 Å². The Balaban J connectivity index is 1.70. The van der Waals surface area contributed by atoms with E-state index in [2.05, 4.69) is 14.7 Å². The highest BCUT2D eigenvalue weighted by molar-refractivity contribution is 7.92. The molecular weight excluding hydrogens is 461 g/mol. The van der Waals surface area contributed by atoms with Gasteiger partial charge in [0.2, 0.25) is 0 Å². The summed E-state index contributed by atoms with van der Waals surface area (Å²) in [6.07, 6.45) is 2.94. The maximum Gasteiger partial charge on any atom is 0.261 e. The minimum Gasteiger partial charge on any atom is -0.383 e. The van der Waals surface area contributed by atoms with Crippen LogP contribution in [0.5, 0.6) is 0 Å². The minimum absolute atomic E-state index is 0.0966. The molecule has 0 aliphatic carbocycles. The number of hydrogen-bond donors (Lipinski definition) is 2. The number of nitrogens with one attached hydrogen (secondary N) is 1. The molecule has 4 aromatic rings. The number of nitrogens with two attached hydrogens (primary N) is 1. The van der Waals surface area contributed by atoms with Crippen molar-refractivity contribution in [3.8, 4) is 0 Å². The fourth-order valence-electron chi connectivity index (χ4n) is 3.18. The van der Waals surface area contributed by atoms with Crippen LogP contribution in [0.25, 0.3) is 11.0 Å². The van der Waals surface area contributed by atoms with Crippen molar-refractivity contribution in [3.63, 3.8) is 0 Å². The molecule has 31 heavy (non-hydrogen) atoms. The average Bonchev–Trinajstić information content (AvgIpc) is 3.04. The lowest BCUT2D eigenvalue weighted by Crippen LogP contribution is -2.13. The van der Waals surface area contributed by atoms with Gasteiger partial charge in [-0.05, 0) is 30.3 Å². The molecule has 2 aromatic carbocycles. The van der Waals surface area contributed by atoms with Crippen molar-refractivity contribution in [1.29, 1.82) is 0 Å². The van der Waals surface area contributed by atoms with E-state index in [4.69, 9.17) is 28.9 Å². The second-order valence-electron chi connectivity index (χ2n) is 6.73. The molecule has 158 valence electrons. The first kappa shape index (κ1) is 21.1. The van der Waals surface area contributed by atoms with E-state index in [-0.39, 0.29) is 37.8 Å². The Labute approximate surface area is 187 Å². The van der Waals surface area contributed by atoms with Crippen LogP contribution in [-0.4, -0.2) is 28.7 Å². The number of aryl methyl sites for hydroxylation is 1. The molecule has 8 nitrogen and oxygen atoms in total. The number of anilines is 2. The molecule has 0 fully saturated rings. The first-order chi connectivity index (χ1) is 14.7. The van der Waals surface area contributed by atoms with Gasteiger partial charge in [0.05, 0.1) is 15.8 Å². The zero-order chi connectivity index (χ0) is 22.3. The zero-order valence-electron chi connectivity index (χ0n) is 16.0. The molecule has 11 heteroatoms. The number of halogens is 2. The average molecular weight is 476 g/mol. The zero-order valence-corrected chi connectivity index (χ0v) is 18.3. The number of hydrogen-bond acceptors (Lipinski definition) is 6. The van der Waals surface area contributed by atoms with Crippen molar-refractivity contribution in [1.82, 2.24) is 14.5 Å². The molecule has 0 saturated carbocycles. The molecule has 2 heterocycles. The predicted octanol–water partition coefficient (Wildman–Crippen LogP) is 3.89. The molecule has 0 amide bonds. The van der Waals surface area contributed by atoms with Gasteiger partial charge in [-0.3, -0.25) is 9.52 Å². The van der Waals surface area contributed by atoms with Crippen molar-refractivity contribution in [2.45, 2.75) is 4.90 Å². The van der Waals surface area contributed by atoms with E-state index in [1.54, 1.807) is 29.9 Å². The topological polar surface area (TPSA) is 120 Å². The second-order valence-corrected chi connectivity index (χ2v) is 9.29. The number of nitrogen functional groups attached to an aromatic ring is 1. The van der Waals surface area contributed by atoms with Gasteiger partial charge < -0.3 is 10.3 Å². The molecule has 0 bridgehead atoms. The highest BCUT2D eigenvalue weighted by Crippen LogP contribution is 2.27. The highest BCUT2D eigenvalue weighted by Gasteiger charge is 2.21. The summed E-state index contributed by atoms with van der Waals surface area (Å²) >= 11 is 11.8. The summed E-state index contributed by atoms with van der Waals surface area (Å²) in [7, 11) is -2.23. The fourth-order valence-corrected chi connectivity index (χ4v) is 4.96. The van der Waals surface area contributed by atoms with E-state index in [0.29, 0.717) is 16.6 Å². The van der Waals surface area contributed by atoms with Crippen LogP contribution in [0.3, 0.4) is 0 Å². The van der Waals surface area contributed by atoms with E-state index in [1.165, 1.54) is 36.7 Å². The maximum absolute atomic E-state index is 13.2. The van der Waals surface area contributed by atoms with Gasteiger partial charge in [0.1, 0.15) is 17.8 Å². The summed E-state index contributed by atoms with van der Waals surface area (Å²) in [5.41, 5.74) is 7.26. The Morgan fingerprint density at radius 2 is 1.81 bits per heavy atom.